The lowest BCUT2D eigenvalue weighted by Gasteiger charge is -2.33. The molecule has 0 aromatic carbocycles. The molecular weight excluding hydrogens is 248 g/mol. The number of nitrogens with zero attached hydrogens (tertiary/aromatic N) is 3. The van der Waals surface area contributed by atoms with Gasteiger partial charge in [-0.15, -0.1) is 0 Å². The third-order valence-electron chi connectivity index (χ3n) is 3.37. The minimum absolute atomic E-state index is 0.0998. The van der Waals surface area contributed by atoms with Crippen molar-refractivity contribution in [2.24, 2.45) is 7.05 Å². The molecule has 1 aliphatic heterocycles. The molecular formula is C12H16N4O3. The molecule has 3 amide bonds. The molecule has 0 radical (unpaired) electrons. The smallest absolute Gasteiger partial charge is 0.258 e. The minimum Gasteiger partial charge on any atom is -0.317 e. The second kappa shape index (κ2) is 4.83. The number of carbonyl (C=O) groups excluding carboxylic acids is 3. The van der Waals surface area contributed by atoms with Gasteiger partial charge in [0.2, 0.25) is 11.8 Å². The summed E-state index contributed by atoms with van der Waals surface area (Å²) in [5.41, 5.74) is 1.13. The summed E-state index contributed by atoms with van der Waals surface area (Å²) in [5.74, 6) is -1.21. The molecule has 7 heteroatoms. The first kappa shape index (κ1) is 13.3. The molecule has 2 heterocycles. The maximum Gasteiger partial charge on any atom is 0.258 e. The summed E-state index contributed by atoms with van der Waals surface area (Å²) in [6, 6.07) is -0.607. The van der Waals surface area contributed by atoms with E-state index in [2.05, 4.69) is 10.4 Å². The van der Waals surface area contributed by atoms with Crippen molar-refractivity contribution in [2.75, 3.05) is 6.54 Å². The Morgan fingerprint density at radius 2 is 2.21 bits per heavy atom. The van der Waals surface area contributed by atoms with E-state index in [1.165, 1.54) is 11.1 Å². The zero-order valence-corrected chi connectivity index (χ0v) is 11.1. The highest BCUT2D eigenvalue weighted by Gasteiger charge is 2.36. The highest BCUT2D eigenvalue weighted by atomic mass is 16.2. The topological polar surface area (TPSA) is 84.3 Å². The Labute approximate surface area is 110 Å². The summed E-state index contributed by atoms with van der Waals surface area (Å²) < 4.78 is 1.58. The summed E-state index contributed by atoms with van der Waals surface area (Å²) in [7, 11) is 1.73. The number of aromatic nitrogens is 2. The third kappa shape index (κ3) is 2.23. The van der Waals surface area contributed by atoms with Crippen LogP contribution in [0.3, 0.4) is 0 Å². The molecule has 2 rings (SSSR count). The number of piperazine rings is 1. The van der Waals surface area contributed by atoms with Gasteiger partial charge in [-0.05, 0) is 13.3 Å². The summed E-state index contributed by atoms with van der Waals surface area (Å²) in [6.45, 7) is 3.47. The summed E-state index contributed by atoms with van der Waals surface area (Å²) in [4.78, 5) is 36.9. The van der Waals surface area contributed by atoms with Gasteiger partial charge in [-0.3, -0.25) is 24.4 Å². The highest BCUT2D eigenvalue weighted by Crippen LogP contribution is 2.16. The third-order valence-corrected chi connectivity index (χ3v) is 3.37. The molecule has 1 N–H and O–H groups in total. The summed E-state index contributed by atoms with van der Waals surface area (Å²) in [6.07, 6.45) is 1.92. The lowest BCUT2D eigenvalue weighted by Crippen LogP contribution is -2.59. The van der Waals surface area contributed by atoms with Crippen molar-refractivity contribution in [3.05, 3.63) is 17.5 Å². The van der Waals surface area contributed by atoms with Crippen LogP contribution in [0.5, 0.6) is 0 Å². The molecule has 1 aromatic heterocycles. The summed E-state index contributed by atoms with van der Waals surface area (Å²) in [5, 5.41) is 6.25. The SMILES string of the molecule is CCC1C(=O)NC(=O)CN1C(=O)c1cnn(C)c1C. The minimum atomic E-state index is -0.607. The first-order valence-corrected chi connectivity index (χ1v) is 6.09. The number of hydrogen-bond acceptors (Lipinski definition) is 4. The van der Waals surface area contributed by atoms with Crippen LogP contribution in [-0.4, -0.2) is 45.0 Å². The molecule has 1 saturated heterocycles. The van der Waals surface area contributed by atoms with Crippen LogP contribution in [0.4, 0.5) is 0 Å². The predicted molar refractivity (Wildman–Crippen MR) is 66.2 cm³/mol. The number of carbonyl (C=O) groups is 3. The van der Waals surface area contributed by atoms with Crippen molar-refractivity contribution >= 4 is 17.7 Å². The van der Waals surface area contributed by atoms with Gasteiger partial charge in [0, 0.05) is 12.7 Å². The van der Waals surface area contributed by atoms with Crippen molar-refractivity contribution < 1.29 is 14.4 Å². The lowest BCUT2D eigenvalue weighted by molar-refractivity contribution is -0.138. The first-order valence-electron chi connectivity index (χ1n) is 6.09. The van der Waals surface area contributed by atoms with Crippen molar-refractivity contribution in [3.8, 4) is 0 Å². The van der Waals surface area contributed by atoms with Crippen LogP contribution in [0.15, 0.2) is 6.20 Å². The number of nitrogens with one attached hydrogen (secondary N) is 1. The van der Waals surface area contributed by atoms with Gasteiger partial charge in [0.05, 0.1) is 11.8 Å². The monoisotopic (exact) mass is 264 g/mol. The van der Waals surface area contributed by atoms with Crippen molar-refractivity contribution in [2.45, 2.75) is 26.3 Å². The highest BCUT2D eigenvalue weighted by molar-refractivity contribution is 6.07. The fourth-order valence-corrected chi connectivity index (χ4v) is 2.15. The Morgan fingerprint density at radius 1 is 1.53 bits per heavy atom. The Hall–Kier alpha value is -2.18. The molecule has 0 spiro atoms. The van der Waals surface area contributed by atoms with Gasteiger partial charge in [0.15, 0.2) is 0 Å². The molecule has 0 bridgehead atoms. The van der Waals surface area contributed by atoms with Gasteiger partial charge in [-0.2, -0.15) is 5.10 Å². The van der Waals surface area contributed by atoms with E-state index in [-0.39, 0.29) is 12.5 Å². The van der Waals surface area contributed by atoms with E-state index in [9.17, 15) is 14.4 Å². The van der Waals surface area contributed by atoms with Crippen LogP contribution < -0.4 is 5.32 Å². The second-order valence-corrected chi connectivity index (χ2v) is 4.54. The molecule has 102 valence electrons. The largest absolute Gasteiger partial charge is 0.317 e. The van der Waals surface area contributed by atoms with Crippen molar-refractivity contribution in [3.63, 3.8) is 0 Å². The van der Waals surface area contributed by atoms with E-state index < -0.39 is 17.9 Å². The first-order chi connectivity index (χ1) is 8.95. The number of imide groups is 1. The number of rotatable bonds is 2. The average Bonchev–Trinajstić information content (AvgIpc) is 2.68. The van der Waals surface area contributed by atoms with Crippen LogP contribution in [0.2, 0.25) is 0 Å². The van der Waals surface area contributed by atoms with Gasteiger partial charge >= 0.3 is 0 Å². The molecule has 1 aliphatic rings. The Bertz CT molecular complexity index is 549. The van der Waals surface area contributed by atoms with E-state index in [0.717, 1.165) is 0 Å². The predicted octanol–water partition coefficient (Wildman–Crippen LogP) is -0.394. The molecule has 0 aliphatic carbocycles. The zero-order valence-electron chi connectivity index (χ0n) is 11.1. The molecule has 1 unspecified atom stereocenters. The maximum absolute atomic E-state index is 12.4. The molecule has 1 aromatic rings. The van der Waals surface area contributed by atoms with Crippen LogP contribution >= 0.6 is 0 Å². The van der Waals surface area contributed by atoms with Crippen LogP contribution in [-0.2, 0) is 16.6 Å². The quantitative estimate of drug-likeness (QED) is 0.737. The van der Waals surface area contributed by atoms with E-state index in [1.54, 1.807) is 25.6 Å². The average molecular weight is 264 g/mol. The van der Waals surface area contributed by atoms with E-state index in [0.29, 0.717) is 17.7 Å². The van der Waals surface area contributed by atoms with E-state index >= 15 is 0 Å². The van der Waals surface area contributed by atoms with Crippen molar-refractivity contribution in [1.29, 1.82) is 0 Å². The summed E-state index contributed by atoms with van der Waals surface area (Å²) >= 11 is 0. The number of amides is 3. The fraction of sp³-hybridized carbons (Fsp3) is 0.500. The van der Waals surface area contributed by atoms with Gasteiger partial charge in [0.1, 0.15) is 12.6 Å². The standard InChI is InChI=1S/C12H16N4O3/c1-4-9-11(18)14-10(17)6-16(9)12(19)8-5-13-15(3)7(8)2/h5,9H,4,6H2,1-3H3,(H,14,17,18). The van der Waals surface area contributed by atoms with Gasteiger partial charge < -0.3 is 4.90 Å². The Morgan fingerprint density at radius 3 is 2.74 bits per heavy atom. The van der Waals surface area contributed by atoms with Gasteiger partial charge in [-0.1, -0.05) is 6.92 Å². The van der Waals surface area contributed by atoms with E-state index in [1.807, 2.05) is 0 Å². The van der Waals surface area contributed by atoms with E-state index in [4.69, 9.17) is 0 Å². The molecule has 1 fully saturated rings. The van der Waals surface area contributed by atoms with Gasteiger partial charge in [-0.25, -0.2) is 0 Å². The maximum atomic E-state index is 12.4. The zero-order chi connectivity index (χ0) is 14.2. The molecule has 7 nitrogen and oxygen atoms in total. The molecule has 1 atom stereocenters. The second-order valence-electron chi connectivity index (χ2n) is 4.54. The number of hydrogen-bond donors (Lipinski definition) is 1. The molecule has 0 saturated carbocycles. The van der Waals surface area contributed by atoms with Crippen molar-refractivity contribution in [1.82, 2.24) is 20.0 Å². The Balaban J connectivity index is 2.33. The van der Waals surface area contributed by atoms with Crippen LogP contribution in [0.25, 0.3) is 0 Å². The van der Waals surface area contributed by atoms with Crippen LogP contribution in [0.1, 0.15) is 29.4 Å². The normalized spacial score (nSPS) is 19.5. The fourth-order valence-electron chi connectivity index (χ4n) is 2.15. The number of aryl methyl sites for hydroxylation is 1. The molecule has 19 heavy (non-hydrogen) atoms. The lowest BCUT2D eigenvalue weighted by atomic mass is 10.1. The van der Waals surface area contributed by atoms with Crippen LogP contribution in [0, 0.1) is 6.92 Å². The van der Waals surface area contributed by atoms with Gasteiger partial charge in [0.25, 0.3) is 5.91 Å². The Kier molecular flexibility index (Phi) is 3.37.